The number of benzene rings is 1. The second kappa shape index (κ2) is 7.67. The van der Waals surface area contributed by atoms with Crippen LogP contribution in [0.4, 0.5) is 29.5 Å². The first-order chi connectivity index (χ1) is 11.4. The number of carbonyl (C=O) groups is 1. The Hall–Kier alpha value is -2.77. The SMILES string of the molecule is CCOC(=O)Nc1ccc(NCc2ccc(C(F)(F)F)cc2)nc1. The van der Waals surface area contributed by atoms with Crippen molar-refractivity contribution in [3.8, 4) is 0 Å². The van der Waals surface area contributed by atoms with Crippen LogP contribution in [0, 0.1) is 0 Å². The Bertz CT molecular complexity index is 670. The molecule has 1 heterocycles. The highest BCUT2D eigenvalue weighted by Crippen LogP contribution is 2.29. The number of alkyl halides is 3. The lowest BCUT2D eigenvalue weighted by atomic mass is 10.1. The van der Waals surface area contributed by atoms with Crippen LogP contribution < -0.4 is 10.6 Å². The summed E-state index contributed by atoms with van der Waals surface area (Å²) in [5.74, 6) is 0.532. The fraction of sp³-hybridized carbons (Fsp3) is 0.250. The molecular weight excluding hydrogens is 323 g/mol. The first kappa shape index (κ1) is 17.6. The standard InChI is InChI=1S/C16H16F3N3O2/c1-2-24-15(23)22-13-7-8-14(21-10-13)20-9-11-3-5-12(6-4-11)16(17,18)19/h3-8,10H,2,9H2,1H3,(H,20,21)(H,22,23). The summed E-state index contributed by atoms with van der Waals surface area (Å²) in [6, 6.07) is 8.18. The minimum absolute atomic E-state index is 0.270. The Morgan fingerprint density at radius 1 is 1.17 bits per heavy atom. The van der Waals surface area contributed by atoms with Crippen LogP contribution in [-0.4, -0.2) is 17.7 Å². The van der Waals surface area contributed by atoms with Crippen LogP contribution in [0.3, 0.4) is 0 Å². The van der Waals surface area contributed by atoms with Crippen LogP contribution >= 0.6 is 0 Å². The number of aromatic nitrogens is 1. The number of nitrogens with one attached hydrogen (secondary N) is 2. The number of pyridine rings is 1. The molecule has 5 nitrogen and oxygen atoms in total. The molecule has 2 rings (SSSR count). The summed E-state index contributed by atoms with van der Waals surface area (Å²) < 4.78 is 42.2. The van der Waals surface area contributed by atoms with E-state index in [0.717, 1.165) is 12.1 Å². The van der Waals surface area contributed by atoms with Gasteiger partial charge in [-0.1, -0.05) is 12.1 Å². The smallest absolute Gasteiger partial charge is 0.416 e. The van der Waals surface area contributed by atoms with Crippen molar-refractivity contribution in [1.82, 2.24) is 4.98 Å². The van der Waals surface area contributed by atoms with Gasteiger partial charge in [0.05, 0.1) is 24.1 Å². The molecule has 1 aromatic heterocycles. The molecule has 8 heteroatoms. The highest BCUT2D eigenvalue weighted by molar-refractivity contribution is 5.84. The molecular formula is C16H16F3N3O2. The number of rotatable bonds is 5. The van der Waals surface area contributed by atoms with E-state index in [1.165, 1.54) is 18.3 Å². The largest absolute Gasteiger partial charge is 0.450 e. The third kappa shape index (κ3) is 5.15. The van der Waals surface area contributed by atoms with Crippen LogP contribution in [-0.2, 0) is 17.5 Å². The number of halogens is 3. The van der Waals surface area contributed by atoms with Crippen molar-refractivity contribution in [3.63, 3.8) is 0 Å². The predicted octanol–water partition coefficient (Wildman–Crippen LogP) is 4.28. The number of hydrogen-bond acceptors (Lipinski definition) is 4. The number of amides is 1. The Morgan fingerprint density at radius 2 is 1.88 bits per heavy atom. The van der Waals surface area contributed by atoms with E-state index in [4.69, 9.17) is 4.74 Å². The maximum atomic E-state index is 12.5. The lowest BCUT2D eigenvalue weighted by molar-refractivity contribution is -0.137. The van der Waals surface area contributed by atoms with Crippen LogP contribution in [0.5, 0.6) is 0 Å². The number of nitrogens with zero attached hydrogens (tertiary/aromatic N) is 1. The van der Waals surface area contributed by atoms with Crippen molar-refractivity contribution in [1.29, 1.82) is 0 Å². The molecule has 0 bridgehead atoms. The quantitative estimate of drug-likeness (QED) is 0.853. The molecule has 0 radical (unpaired) electrons. The van der Waals surface area contributed by atoms with E-state index in [0.29, 0.717) is 23.6 Å². The van der Waals surface area contributed by atoms with Crippen molar-refractivity contribution in [2.75, 3.05) is 17.2 Å². The zero-order chi connectivity index (χ0) is 17.6. The lowest BCUT2D eigenvalue weighted by Gasteiger charge is -2.09. The summed E-state index contributed by atoms with van der Waals surface area (Å²) in [7, 11) is 0. The number of hydrogen-bond donors (Lipinski definition) is 2. The Labute approximate surface area is 136 Å². The van der Waals surface area contributed by atoms with Crippen molar-refractivity contribution in [2.45, 2.75) is 19.6 Å². The van der Waals surface area contributed by atoms with Gasteiger partial charge >= 0.3 is 12.3 Å². The van der Waals surface area contributed by atoms with Crippen LogP contribution in [0.15, 0.2) is 42.6 Å². The monoisotopic (exact) mass is 339 g/mol. The van der Waals surface area contributed by atoms with Crippen LogP contribution in [0.2, 0.25) is 0 Å². The van der Waals surface area contributed by atoms with Gasteiger partial charge in [0.2, 0.25) is 0 Å². The molecule has 2 aromatic rings. The van der Waals surface area contributed by atoms with Gasteiger partial charge in [0, 0.05) is 6.54 Å². The molecule has 0 saturated heterocycles. The van der Waals surface area contributed by atoms with E-state index in [1.807, 2.05) is 0 Å². The van der Waals surface area contributed by atoms with Gasteiger partial charge in [-0.15, -0.1) is 0 Å². The molecule has 0 aliphatic heterocycles. The number of carbonyl (C=O) groups excluding carboxylic acids is 1. The third-order valence-electron chi connectivity index (χ3n) is 3.04. The van der Waals surface area contributed by atoms with Gasteiger partial charge in [-0.05, 0) is 36.8 Å². The number of anilines is 2. The van der Waals surface area contributed by atoms with E-state index in [-0.39, 0.29) is 6.61 Å². The fourth-order valence-corrected chi connectivity index (χ4v) is 1.86. The fourth-order valence-electron chi connectivity index (χ4n) is 1.86. The van der Waals surface area contributed by atoms with Gasteiger partial charge < -0.3 is 10.1 Å². The van der Waals surface area contributed by atoms with Crippen molar-refractivity contribution in [2.24, 2.45) is 0 Å². The second-order valence-electron chi connectivity index (χ2n) is 4.83. The van der Waals surface area contributed by atoms with E-state index in [1.54, 1.807) is 19.1 Å². The molecule has 0 fully saturated rings. The van der Waals surface area contributed by atoms with Gasteiger partial charge in [0.25, 0.3) is 0 Å². The van der Waals surface area contributed by atoms with E-state index in [2.05, 4.69) is 15.6 Å². The molecule has 2 N–H and O–H groups in total. The van der Waals surface area contributed by atoms with Crippen LogP contribution in [0.1, 0.15) is 18.1 Å². The zero-order valence-corrected chi connectivity index (χ0v) is 12.9. The second-order valence-corrected chi connectivity index (χ2v) is 4.83. The molecule has 1 aromatic carbocycles. The van der Waals surface area contributed by atoms with Gasteiger partial charge in [-0.25, -0.2) is 9.78 Å². The first-order valence-corrected chi connectivity index (χ1v) is 7.18. The molecule has 0 aliphatic rings. The van der Waals surface area contributed by atoms with E-state index in [9.17, 15) is 18.0 Å². The normalized spacial score (nSPS) is 11.0. The predicted molar refractivity (Wildman–Crippen MR) is 83.7 cm³/mol. The maximum absolute atomic E-state index is 12.5. The van der Waals surface area contributed by atoms with E-state index >= 15 is 0 Å². The van der Waals surface area contributed by atoms with Crippen molar-refractivity contribution >= 4 is 17.6 Å². The summed E-state index contributed by atoms with van der Waals surface area (Å²) in [4.78, 5) is 15.4. The summed E-state index contributed by atoms with van der Waals surface area (Å²) in [6.07, 6.45) is -3.45. The first-order valence-electron chi connectivity index (χ1n) is 7.18. The summed E-state index contributed by atoms with van der Waals surface area (Å²) >= 11 is 0. The molecule has 0 saturated carbocycles. The summed E-state index contributed by atoms with van der Waals surface area (Å²) in [5, 5.41) is 5.49. The van der Waals surface area contributed by atoms with Crippen LogP contribution in [0.25, 0.3) is 0 Å². The minimum Gasteiger partial charge on any atom is -0.450 e. The summed E-state index contributed by atoms with van der Waals surface area (Å²) in [5.41, 5.74) is 0.492. The molecule has 0 atom stereocenters. The van der Waals surface area contributed by atoms with Crippen molar-refractivity contribution < 1.29 is 22.7 Å². The average molecular weight is 339 g/mol. The Morgan fingerprint density at radius 3 is 2.42 bits per heavy atom. The number of ether oxygens (including phenoxy) is 1. The lowest BCUT2D eigenvalue weighted by Crippen LogP contribution is -2.13. The van der Waals surface area contributed by atoms with Gasteiger partial charge in [0.15, 0.2) is 0 Å². The van der Waals surface area contributed by atoms with Gasteiger partial charge in [-0.3, -0.25) is 5.32 Å². The molecule has 128 valence electrons. The van der Waals surface area contributed by atoms with Crippen molar-refractivity contribution in [3.05, 3.63) is 53.7 Å². The van der Waals surface area contributed by atoms with Gasteiger partial charge in [-0.2, -0.15) is 13.2 Å². The highest BCUT2D eigenvalue weighted by atomic mass is 19.4. The minimum atomic E-state index is -4.34. The molecule has 0 spiro atoms. The highest BCUT2D eigenvalue weighted by Gasteiger charge is 2.29. The van der Waals surface area contributed by atoms with Gasteiger partial charge in [0.1, 0.15) is 5.82 Å². The molecule has 24 heavy (non-hydrogen) atoms. The molecule has 0 aliphatic carbocycles. The maximum Gasteiger partial charge on any atom is 0.416 e. The Balaban J connectivity index is 1.89. The Kier molecular flexibility index (Phi) is 5.62. The average Bonchev–Trinajstić information content (AvgIpc) is 2.54. The topological polar surface area (TPSA) is 63.2 Å². The molecule has 0 unspecified atom stereocenters. The summed E-state index contributed by atoms with van der Waals surface area (Å²) in [6.45, 7) is 2.30. The third-order valence-corrected chi connectivity index (χ3v) is 3.04. The molecule has 1 amide bonds. The zero-order valence-electron chi connectivity index (χ0n) is 12.9. The van der Waals surface area contributed by atoms with E-state index < -0.39 is 17.8 Å².